The maximum absolute atomic E-state index is 4.89. The summed E-state index contributed by atoms with van der Waals surface area (Å²) in [7, 11) is 0. The van der Waals surface area contributed by atoms with Gasteiger partial charge in [0, 0.05) is 5.56 Å². The van der Waals surface area contributed by atoms with Gasteiger partial charge in [-0.1, -0.05) is 19.0 Å². The summed E-state index contributed by atoms with van der Waals surface area (Å²) in [6, 6.07) is 0. The number of aryl methyl sites for hydroxylation is 1. The lowest BCUT2D eigenvalue weighted by Gasteiger charge is -1.98. The third-order valence-corrected chi connectivity index (χ3v) is 2.68. The van der Waals surface area contributed by atoms with Crippen LogP contribution in [0.2, 0.25) is 0 Å². The van der Waals surface area contributed by atoms with Crippen molar-refractivity contribution in [3.63, 3.8) is 0 Å². The molecule has 0 saturated heterocycles. The molecule has 0 aliphatic heterocycles. The van der Waals surface area contributed by atoms with Crippen LogP contribution in [0.25, 0.3) is 0 Å². The van der Waals surface area contributed by atoms with Gasteiger partial charge in [-0.2, -0.15) is 0 Å². The molecule has 0 spiro atoms. The minimum atomic E-state index is 0.482. The molecule has 0 amide bonds. The molecule has 60 valence electrons. The first kappa shape index (κ1) is 6.89. The monoisotopic (exact) mass is 151 g/mol. The molecule has 0 radical (unpaired) electrons. The van der Waals surface area contributed by atoms with Crippen LogP contribution in [0.4, 0.5) is 0 Å². The van der Waals surface area contributed by atoms with Crippen LogP contribution in [-0.4, -0.2) is 5.16 Å². The van der Waals surface area contributed by atoms with E-state index in [9.17, 15) is 0 Å². The van der Waals surface area contributed by atoms with Gasteiger partial charge in [0.15, 0.2) is 0 Å². The van der Waals surface area contributed by atoms with Crippen molar-refractivity contribution in [2.24, 2.45) is 5.41 Å². The normalized spacial score (nSPS) is 27.0. The van der Waals surface area contributed by atoms with Crippen molar-refractivity contribution < 1.29 is 4.52 Å². The maximum Gasteiger partial charge on any atom is 0.127 e. The summed E-state index contributed by atoms with van der Waals surface area (Å²) in [4.78, 5) is 0. The second-order valence-corrected chi connectivity index (χ2v) is 4.10. The van der Waals surface area contributed by atoms with E-state index in [0.29, 0.717) is 11.3 Å². The predicted octanol–water partition coefficient (Wildman–Crippen LogP) is 2.50. The Morgan fingerprint density at radius 3 is 2.64 bits per heavy atom. The molecule has 0 aromatic carbocycles. The molecule has 1 aromatic heterocycles. The zero-order valence-electron chi connectivity index (χ0n) is 7.22. The zero-order chi connectivity index (χ0) is 8.06. The molecule has 1 aliphatic carbocycles. The molecule has 1 aliphatic rings. The summed E-state index contributed by atoms with van der Waals surface area (Å²) in [6.45, 7) is 6.57. The Morgan fingerprint density at radius 2 is 2.27 bits per heavy atom. The summed E-state index contributed by atoms with van der Waals surface area (Å²) in [5, 5.41) is 3.87. The summed E-state index contributed by atoms with van der Waals surface area (Å²) in [5.74, 6) is 0.689. The van der Waals surface area contributed by atoms with Gasteiger partial charge in [-0.3, -0.25) is 0 Å². The summed E-state index contributed by atoms with van der Waals surface area (Å²) in [5.41, 5.74) is 2.84. The number of hydrogen-bond donors (Lipinski definition) is 0. The number of nitrogens with zero attached hydrogens (tertiary/aromatic N) is 1. The molecule has 2 nitrogen and oxygen atoms in total. The van der Waals surface area contributed by atoms with E-state index in [-0.39, 0.29) is 0 Å². The Kier molecular flexibility index (Phi) is 1.17. The van der Waals surface area contributed by atoms with Crippen LogP contribution >= 0.6 is 0 Å². The fourth-order valence-electron chi connectivity index (χ4n) is 1.63. The molecular weight excluding hydrogens is 138 g/mol. The number of rotatable bonds is 1. The first-order valence-electron chi connectivity index (χ1n) is 4.02. The summed E-state index contributed by atoms with van der Waals surface area (Å²) < 4.78 is 4.89. The average molecular weight is 151 g/mol. The number of aromatic nitrogens is 1. The van der Waals surface area contributed by atoms with Gasteiger partial charge in [-0.15, -0.1) is 0 Å². The van der Waals surface area contributed by atoms with Gasteiger partial charge < -0.3 is 4.52 Å². The predicted molar refractivity (Wildman–Crippen MR) is 42.4 cm³/mol. The Labute approximate surface area is 66.6 Å². The Bertz CT molecular complexity index is 275. The van der Waals surface area contributed by atoms with Crippen molar-refractivity contribution in [2.75, 3.05) is 0 Å². The Balaban J connectivity index is 2.27. The van der Waals surface area contributed by atoms with Gasteiger partial charge >= 0.3 is 0 Å². The minimum Gasteiger partial charge on any atom is -0.364 e. The van der Waals surface area contributed by atoms with Gasteiger partial charge in [0.1, 0.15) is 6.26 Å². The highest BCUT2D eigenvalue weighted by Crippen LogP contribution is 2.59. The van der Waals surface area contributed by atoms with E-state index in [1.165, 1.54) is 12.0 Å². The first-order chi connectivity index (χ1) is 5.11. The smallest absolute Gasteiger partial charge is 0.127 e. The first-order valence-corrected chi connectivity index (χ1v) is 4.02. The van der Waals surface area contributed by atoms with Gasteiger partial charge in [-0.05, 0) is 24.7 Å². The molecular formula is C9H13NO. The van der Waals surface area contributed by atoms with Gasteiger partial charge in [0.05, 0.1) is 5.69 Å². The lowest BCUT2D eigenvalue weighted by Crippen LogP contribution is -1.89. The molecule has 0 N–H and O–H groups in total. The molecule has 1 atom stereocenters. The molecule has 1 saturated carbocycles. The molecule has 11 heavy (non-hydrogen) atoms. The zero-order valence-corrected chi connectivity index (χ0v) is 7.22. The van der Waals surface area contributed by atoms with Gasteiger partial charge in [0.25, 0.3) is 0 Å². The topological polar surface area (TPSA) is 26.0 Å². The van der Waals surface area contributed by atoms with Crippen molar-refractivity contribution in [3.05, 3.63) is 17.5 Å². The van der Waals surface area contributed by atoms with Gasteiger partial charge in [0.2, 0.25) is 0 Å². The third kappa shape index (κ3) is 0.971. The van der Waals surface area contributed by atoms with Crippen molar-refractivity contribution in [2.45, 2.75) is 33.1 Å². The van der Waals surface area contributed by atoms with Crippen LogP contribution in [0, 0.1) is 12.3 Å². The molecule has 0 bridgehead atoms. The second-order valence-electron chi connectivity index (χ2n) is 4.10. The van der Waals surface area contributed by atoms with E-state index >= 15 is 0 Å². The van der Waals surface area contributed by atoms with Gasteiger partial charge in [-0.25, -0.2) is 0 Å². The highest BCUT2D eigenvalue weighted by atomic mass is 16.5. The average Bonchev–Trinajstić information content (AvgIpc) is 2.38. The van der Waals surface area contributed by atoms with Crippen molar-refractivity contribution in [1.29, 1.82) is 0 Å². The van der Waals surface area contributed by atoms with Crippen LogP contribution in [0.5, 0.6) is 0 Å². The van der Waals surface area contributed by atoms with E-state index in [2.05, 4.69) is 19.0 Å². The van der Waals surface area contributed by atoms with Crippen LogP contribution in [0.1, 0.15) is 37.4 Å². The Morgan fingerprint density at radius 1 is 1.64 bits per heavy atom. The minimum absolute atomic E-state index is 0.482. The van der Waals surface area contributed by atoms with E-state index in [4.69, 9.17) is 4.52 Å². The number of hydrogen-bond acceptors (Lipinski definition) is 2. The maximum atomic E-state index is 4.89. The second kappa shape index (κ2) is 1.87. The quantitative estimate of drug-likeness (QED) is 0.616. The largest absolute Gasteiger partial charge is 0.364 e. The van der Waals surface area contributed by atoms with E-state index in [1.807, 2.05) is 6.92 Å². The van der Waals surface area contributed by atoms with Crippen LogP contribution in [-0.2, 0) is 0 Å². The standard InChI is InChI=1S/C9H13NO/c1-6-7(5-11-10-6)8-4-9(8,2)3/h5,8H,4H2,1-3H3. The highest BCUT2D eigenvalue weighted by molar-refractivity contribution is 5.28. The van der Waals surface area contributed by atoms with E-state index in [0.717, 1.165) is 5.69 Å². The fraction of sp³-hybridized carbons (Fsp3) is 0.667. The molecule has 1 unspecified atom stereocenters. The van der Waals surface area contributed by atoms with Crippen molar-refractivity contribution in [1.82, 2.24) is 5.16 Å². The fourth-order valence-corrected chi connectivity index (χ4v) is 1.63. The highest BCUT2D eigenvalue weighted by Gasteiger charge is 2.47. The lowest BCUT2D eigenvalue weighted by molar-refractivity contribution is 0.414. The van der Waals surface area contributed by atoms with E-state index < -0.39 is 0 Å². The van der Waals surface area contributed by atoms with Crippen molar-refractivity contribution >= 4 is 0 Å². The summed E-state index contributed by atoms with van der Waals surface area (Å²) in [6.07, 6.45) is 3.06. The van der Waals surface area contributed by atoms with Crippen LogP contribution in [0.3, 0.4) is 0 Å². The van der Waals surface area contributed by atoms with Crippen LogP contribution in [0.15, 0.2) is 10.8 Å². The molecule has 1 aromatic rings. The van der Waals surface area contributed by atoms with Crippen LogP contribution < -0.4 is 0 Å². The molecule has 1 heterocycles. The third-order valence-electron chi connectivity index (χ3n) is 2.68. The summed E-state index contributed by atoms with van der Waals surface area (Å²) >= 11 is 0. The van der Waals surface area contributed by atoms with Crippen molar-refractivity contribution in [3.8, 4) is 0 Å². The molecule has 1 fully saturated rings. The molecule has 2 rings (SSSR count). The van der Waals surface area contributed by atoms with E-state index in [1.54, 1.807) is 6.26 Å². The molecule has 2 heteroatoms. The Hall–Kier alpha value is -0.790. The SMILES string of the molecule is Cc1nocc1C1CC1(C)C. The lowest BCUT2D eigenvalue weighted by atomic mass is 10.0.